The predicted molar refractivity (Wildman–Crippen MR) is 75.9 cm³/mol. The molecule has 0 N–H and O–H groups in total. The Bertz CT molecular complexity index is 586. The molecular formula is C12H9Cl2N3S. The first kappa shape index (κ1) is 13.2. The molecule has 0 amide bonds. The second-order valence-electron chi connectivity index (χ2n) is 3.56. The van der Waals surface area contributed by atoms with Crippen LogP contribution in [0.25, 0.3) is 0 Å². The minimum atomic E-state index is 0.359. The van der Waals surface area contributed by atoms with Crippen LogP contribution in [-0.2, 0) is 5.88 Å². The largest absolute Gasteiger partial charge is 0.321 e. The van der Waals surface area contributed by atoms with Gasteiger partial charge < -0.3 is 4.90 Å². The average Bonchev–Trinajstić information content (AvgIpc) is 2.79. The number of rotatable bonds is 3. The zero-order valence-electron chi connectivity index (χ0n) is 9.52. The quantitative estimate of drug-likeness (QED) is 0.798. The molecule has 0 saturated heterocycles. The van der Waals surface area contributed by atoms with Crippen LogP contribution >= 0.6 is 34.5 Å². The Kier molecular flexibility index (Phi) is 4.07. The minimum Gasteiger partial charge on any atom is -0.321 e. The first-order valence-corrected chi connectivity index (χ1v) is 6.83. The normalized spacial score (nSPS) is 10.1. The van der Waals surface area contributed by atoms with E-state index in [0.29, 0.717) is 16.6 Å². The Morgan fingerprint density at radius 1 is 1.39 bits per heavy atom. The second-order valence-corrected chi connectivity index (χ2v) is 5.25. The van der Waals surface area contributed by atoms with Gasteiger partial charge in [-0.25, -0.2) is 4.98 Å². The Morgan fingerprint density at radius 2 is 2.06 bits per heavy atom. The van der Waals surface area contributed by atoms with Gasteiger partial charge in [0.1, 0.15) is 5.15 Å². The van der Waals surface area contributed by atoms with Gasteiger partial charge in [-0.15, -0.1) is 11.6 Å². The fraction of sp³-hybridized carbons (Fsp3) is 0.167. The maximum atomic E-state index is 8.75. The molecule has 0 aliphatic heterocycles. The molecule has 2 rings (SSSR count). The highest BCUT2D eigenvalue weighted by atomic mass is 35.5. The molecule has 0 fully saturated rings. The number of nitrogens with zero attached hydrogens (tertiary/aromatic N) is 3. The average molecular weight is 298 g/mol. The SMILES string of the molecule is CN(c1ccc(C#N)cc1)c1nc(Cl)c(CCl)s1. The number of hydrogen-bond acceptors (Lipinski definition) is 4. The van der Waals surface area contributed by atoms with Gasteiger partial charge in [-0.3, -0.25) is 0 Å². The lowest BCUT2D eigenvalue weighted by Gasteiger charge is -2.15. The van der Waals surface area contributed by atoms with Crippen molar-refractivity contribution in [1.82, 2.24) is 4.98 Å². The van der Waals surface area contributed by atoms with Gasteiger partial charge in [0.25, 0.3) is 0 Å². The molecule has 0 unspecified atom stereocenters. The van der Waals surface area contributed by atoms with Crippen molar-refractivity contribution in [3.8, 4) is 6.07 Å². The summed E-state index contributed by atoms with van der Waals surface area (Å²) in [6.07, 6.45) is 0. The van der Waals surface area contributed by atoms with Crippen molar-refractivity contribution in [3.05, 3.63) is 39.9 Å². The van der Waals surface area contributed by atoms with Crippen LogP contribution in [0.5, 0.6) is 0 Å². The van der Waals surface area contributed by atoms with E-state index in [9.17, 15) is 0 Å². The van der Waals surface area contributed by atoms with Crippen LogP contribution in [0.2, 0.25) is 5.15 Å². The lowest BCUT2D eigenvalue weighted by molar-refractivity contribution is 1.17. The smallest absolute Gasteiger partial charge is 0.191 e. The van der Waals surface area contributed by atoms with Crippen LogP contribution in [0.4, 0.5) is 10.8 Å². The molecule has 1 aromatic heterocycles. The zero-order valence-corrected chi connectivity index (χ0v) is 11.9. The van der Waals surface area contributed by atoms with Crippen LogP contribution in [-0.4, -0.2) is 12.0 Å². The summed E-state index contributed by atoms with van der Waals surface area (Å²) in [6.45, 7) is 0. The number of anilines is 2. The van der Waals surface area contributed by atoms with Crippen molar-refractivity contribution in [1.29, 1.82) is 5.26 Å². The van der Waals surface area contributed by atoms with Gasteiger partial charge in [0.05, 0.1) is 22.4 Å². The van der Waals surface area contributed by atoms with Gasteiger partial charge in [-0.2, -0.15) is 5.26 Å². The van der Waals surface area contributed by atoms with Gasteiger partial charge >= 0.3 is 0 Å². The summed E-state index contributed by atoms with van der Waals surface area (Å²) in [5.41, 5.74) is 1.58. The highest BCUT2D eigenvalue weighted by Gasteiger charge is 2.13. The van der Waals surface area contributed by atoms with E-state index in [1.807, 2.05) is 24.1 Å². The van der Waals surface area contributed by atoms with Crippen molar-refractivity contribution < 1.29 is 0 Å². The maximum Gasteiger partial charge on any atom is 0.191 e. The Balaban J connectivity index is 2.29. The Hall–Kier alpha value is -1.28. The van der Waals surface area contributed by atoms with E-state index in [0.717, 1.165) is 15.7 Å². The molecule has 0 saturated carbocycles. The standard InChI is InChI=1S/C12H9Cl2N3S/c1-17(9-4-2-8(7-15)3-5-9)12-16-11(14)10(6-13)18-12/h2-5H,6H2,1H3. The molecule has 1 heterocycles. The number of halogens is 2. The van der Waals surface area contributed by atoms with E-state index in [4.69, 9.17) is 28.5 Å². The predicted octanol–water partition coefficient (Wildman–Crippen LogP) is 4.17. The molecule has 1 aromatic carbocycles. The molecule has 6 heteroatoms. The summed E-state index contributed by atoms with van der Waals surface area (Å²) in [5.74, 6) is 0.359. The molecule has 92 valence electrons. The van der Waals surface area contributed by atoms with Crippen molar-refractivity contribution in [2.24, 2.45) is 0 Å². The van der Waals surface area contributed by atoms with Crippen LogP contribution in [0.3, 0.4) is 0 Å². The summed E-state index contributed by atoms with van der Waals surface area (Å²) < 4.78 is 0. The van der Waals surface area contributed by atoms with Crippen molar-refractivity contribution in [3.63, 3.8) is 0 Å². The molecule has 3 nitrogen and oxygen atoms in total. The first-order valence-electron chi connectivity index (χ1n) is 5.10. The van der Waals surface area contributed by atoms with E-state index >= 15 is 0 Å². The minimum absolute atomic E-state index is 0.359. The van der Waals surface area contributed by atoms with Crippen LogP contribution in [0.15, 0.2) is 24.3 Å². The lowest BCUT2D eigenvalue weighted by atomic mass is 10.2. The number of thiazole rings is 1. The van der Waals surface area contributed by atoms with Gasteiger partial charge in [0.2, 0.25) is 0 Å². The summed E-state index contributed by atoms with van der Waals surface area (Å²) >= 11 is 13.2. The van der Waals surface area contributed by atoms with Crippen molar-refractivity contribution >= 4 is 45.4 Å². The van der Waals surface area contributed by atoms with E-state index < -0.39 is 0 Å². The summed E-state index contributed by atoms with van der Waals surface area (Å²) in [7, 11) is 1.90. The molecule has 2 aromatic rings. The van der Waals surface area contributed by atoms with Gasteiger partial charge in [0.15, 0.2) is 5.13 Å². The molecule has 0 spiro atoms. The molecule has 0 bridgehead atoms. The van der Waals surface area contributed by atoms with Gasteiger partial charge in [-0.05, 0) is 24.3 Å². The number of hydrogen-bond donors (Lipinski definition) is 0. The fourth-order valence-electron chi connectivity index (χ4n) is 1.42. The summed E-state index contributed by atoms with van der Waals surface area (Å²) in [4.78, 5) is 7.03. The third-order valence-electron chi connectivity index (χ3n) is 2.43. The Morgan fingerprint density at radius 3 is 2.56 bits per heavy atom. The fourth-order valence-corrected chi connectivity index (χ4v) is 2.87. The molecular weight excluding hydrogens is 289 g/mol. The monoisotopic (exact) mass is 297 g/mol. The van der Waals surface area contributed by atoms with Crippen molar-refractivity contribution in [2.45, 2.75) is 5.88 Å². The molecule has 0 aliphatic rings. The molecule has 0 aliphatic carbocycles. The lowest BCUT2D eigenvalue weighted by Crippen LogP contribution is -2.08. The summed E-state index contributed by atoms with van der Waals surface area (Å²) in [5, 5.41) is 9.98. The van der Waals surface area contributed by atoms with Crippen LogP contribution in [0.1, 0.15) is 10.4 Å². The van der Waals surface area contributed by atoms with E-state index in [2.05, 4.69) is 11.1 Å². The van der Waals surface area contributed by atoms with Gasteiger partial charge in [0, 0.05) is 12.7 Å². The van der Waals surface area contributed by atoms with Crippen molar-refractivity contribution in [2.75, 3.05) is 11.9 Å². The summed E-state index contributed by atoms with van der Waals surface area (Å²) in [6, 6.07) is 9.36. The second kappa shape index (κ2) is 5.57. The van der Waals surface area contributed by atoms with Crippen LogP contribution < -0.4 is 4.90 Å². The number of aromatic nitrogens is 1. The topological polar surface area (TPSA) is 39.9 Å². The number of alkyl halides is 1. The number of benzene rings is 1. The van der Waals surface area contributed by atoms with E-state index in [-0.39, 0.29) is 0 Å². The van der Waals surface area contributed by atoms with E-state index in [1.54, 1.807) is 12.1 Å². The molecule has 18 heavy (non-hydrogen) atoms. The zero-order chi connectivity index (χ0) is 13.1. The molecule has 0 radical (unpaired) electrons. The highest BCUT2D eigenvalue weighted by Crippen LogP contribution is 2.33. The van der Waals surface area contributed by atoms with Gasteiger partial charge in [-0.1, -0.05) is 22.9 Å². The third-order valence-corrected chi connectivity index (χ3v) is 4.41. The first-order chi connectivity index (χ1) is 8.65. The maximum absolute atomic E-state index is 8.75. The van der Waals surface area contributed by atoms with E-state index in [1.165, 1.54) is 11.3 Å². The Labute approximate surface area is 119 Å². The highest BCUT2D eigenvalue weighted by molar-refractivity contribution is 7.16. The van der Waals surface area contributed by atoms with Crippen LogP contribution in [0, 0.1) is 11.3 Å². The third kappa shape index (κ3) is 2.59. The molecule has 0 atom stereocenters. The number of nitriles is 1.